The van der Waals surface area contributed by atoms with Crippen LogP contribution in [0.5, 0.6) is 0 Å². The average molecular weight is 207 g/mol. The van der Waals surface area contributed by atoms with Crippen molar-refractivity contribution in [2.75, 3.05) is 6.61 Å². The van der Waals surface area contributed by atoms with Gasteiger partial charge in [-0.1, -0.05) is 23.8 Å². The first-order valence-electron chi connectivity index (χ1n) is 5.50. The van der Waals surface area contributed by atoms with Crippen LogP contribution in [-0.2, 0) is 0 Å². The van der Waals surface area contributed by atoms with Crippen LogP contribution in [0, 0.1) is 13.8 Å². The molecular weight excluding hydrogens is 186 g/mol. The average Bonchev–Trinajstić information content (AvgIpc) is 2.18. The van der Waals surface area contributed by atoms with Crippen LogP contribution in [0.4, 0.5) is 0 Å². The first-order chi connectivity index (χ1) is 7.06. The topological polar surface area (TPSA) is 46.2 Å². The Morgan fingerprint density at radius 3 is 2.53 bits per heavy atom. The van der Waals surface area contributed by atoms with E-state index in [0.717, 1.165) is 6.42 Å². The predicted molar refractivity (Wildman–Crippen MR) is 64.0 cm³/mol. The van der Waals surface area contributed by atoms with E-state index in [0.29, 0.717) is 0 Å². The van der Waals surface area contributed by atoms with Crippen molar-refractivity contribution in [3.05, 3.63) is 34.9 Å². The first-order valence-corrected chi connectivity index (χ1v) is 5.50. The molecule has 2 heteroatoms. The van der Waals surface area contributed by atoms with Crippen LogP contribution in [0.15, 0.2) is 18.2 Å². The number of aryl methyl sites for hydroxylation is 2. The molecule has 2 atom stereocenters. The summed E-state index contributed by atoms with van der Waals surface area (Å²) in [6, 6.07) is 6.49. The van der Waals surface area contributed by atoms with E-state index in [1.54, 1.807) is 0 Å². The normalized spacial score (nSPS) is 15.0. The Morgan fingerprint density at radius 1 is 1.33 bits per heavy atom. The van der Waals surface area contributed by atoms with Gasteiger partial charge in [0.15, 0.2) is 0 Å². The smallest absolute Gasteiger partial charge is 0.0437 e. The maximum atomic E-state index is 9.05. The van der Waals surface area contributed by atoms with Gasteiger partial charge in [0.1, 0.15) is 0 Å². The Kier molecular flexibility index (Phi) is 4.30. The summed E-state index contributed by atoms with van der Waals surface area (Å²) >= 11 is 0. The largest absolute Gasteiger partial charge is 0.396 e. The Bertz CT molecular complexity index is 320. The second-order valence-corrected chi connectivity index (χ2v) is 4.34. The van der Waals surface area contributed by atoms with Gasteiger partial charge in [0.25, 0.3) is 0 Å². The molecular formula is C13H21NO. The molecule has 0 aliphatic rings. The van der Waals surface area contributed by atoms with Crippen molar-refractivity contribution in [3.63, 3.8) is 0 Å². The third-order valence-electron chi connectivity index (χ3n) is 2.91. The van der Waals surface area contributed by atoms with Crippen molar-refractivity contribution < 1.29 is 5.11 Å². The fourth-order valence-corrected chi connectivity index (χ4v) is 2.00. The minimum atomic E-state index is 0.0812. The molecule has 1 aromatic rings. The van der Waals surface area contributed by atoms with Crippen LogP contribution in [0.1, 0.15) is 36.0 Å². The Labute approximate surface area is 92.1 Å². The van der Waals surface area contributed by atoms with Gasteiger partial charge < -0.3 is 10.8 Å². The van der Waals surface area contributed by atoms with E-state index in [-0.39, 0.29) is 18.6 Å². The molecule has 0 aliphatic heterocycles. The Morgan fingerprint density at radius 2 is 2.00 bits per heavy atom. The van der Waals surface area contributed by atoms with E-state index >= 15 is 0 Å². The number of benzene rings is 1. The van der Waals surface area contributed by atoms with Crippen LogP contribution in [0.25, 0.3) is 0 Å². The molecule has 0 saturated carbocycles. The minimum absolute atomic E-state index is 0.0812. The van der Waals surface area contributed by atoms with E-state index in [2.05, 4.69) is 32.0 Å². The second kappa shape index (κ2) is 5.29. The summed E-state index contributed by atoms with van der Waals surface area (Å²) in [4.78, 5) is 0. The van der Waals surface area contributed by atoms with Crippen molar-refractivity contribution in [1.29, 1.82) is 0 Å². The number of aliphatic hydroxyl groups excluding tert-OH is 1. The third-order valence-corrected chi connectivity index (χ3v) is 2.91. The molecule has 84 valence electrons. The van der Waals surface area contributed by atoms with Gasteiger partial charge in [-0.2, -0.15) is 0 Å². The van der Waals surface area contributed by atoms with E-state index in [4.69, 9.17) is 10.8 Å². The highest BCUT2D eigenvalue weighted by Crippen LogP contribution is 2.26. The highest BCUT2D eigenvalue weighted by atomic mass is 16.3. The van der Waals surface area contributed by atoms with Gasteiger partial charge >= 0.3 is 0 Å². The van der Waals surface area contributed by atoms with Gasteiger partial charge in [0.2, 0.25) is 0 Å². The monoisotopic (exact) mass is 207 g/mol. The molecule has 0 fully saturated rings. The van der Waals surface area contributed by atoms with Crippen molar-refractivity contribution in [1.82, 2.24) is 0 Å². The van der Waals surface area contributed by atoms with E-state index < -0.39 is 0 Å². The van der Waals surface area contributed by atoms with Crippen LogP contribution in [-0.4, -0.2) is 17.8 Å². The summed E-state index contributed by atoms with van der Waals surface area (Å²) in [5.41, 5.74) is 9.75. The highest BCUT2D eigenvalue weighted by molar-refractivity contribution is 5.34. The lowest BCUT2D eigenvalue weighted by atomic mass is 9.86. The first kappa shape index (κ1) is 12.2. The molecule has 0 radical (unpaired) electrons. The summed E-state index contributed by atoms with van der Waals surface area (Å²) < 4.78 is 0. The Hall–Kier alpha value is -0.860. The van der Waals surface area contributed by atoms with Gasteiger partial charge in [-0.3, -0.25) is 0 Å². The van der Waals surface area contributed by atoms with Gasteiger partial charge in [-0.05, 0) is 38.3 Å². The lowest BCUT2D eigenvalue weighted by Gasteiger charge is -2.22. The number of rotatable bonds is 4. The number of aliphatic hydroxyl groups is 1. The summed E-state index contributed by atoms with van der Waals surface area (Å²) in [5, 5.41) is 9.05. The quantitative estimate of drug-likeness (QED) is 0.794. The molecule has 2 nitrogen and oxygen atoms in total. The fourth-order valence-electron chi connectivity index (χ4n) is 2.00. The fraction of sp³-hybridized carbons (Fsp3) is 0.538. The molecule has 0 saturated heterocycles. The molecule has 0 aliphatic carbocycles. The molecule has 15 heavy (non-hydrogen) atoms. The van der Waals surface area contributed by atoms with Crippen molar-refractivity contribution in [2.45, 2.75) is 39.2 Å². The van der Waals surface area contributed by atoms with Gasteiger partial charge in [-0.15, -0.1) is 0 Å². The number of hydrogen-bond acceptors (Lipinski definition) is 2. The molecule has 3 N–H and O–H groups in total. The lowest BCUT2D eigenvalue weighted by Crippen LogP contribution is -2.26. The number of hydrogen-bond donors (Lipinski definition) is 2. The van der Waals surface area contributed by atoms with Gasteiger partial charge in [-0.25, -0.2) is 0 Å². The molecule has 0 heterocycles. The zero-order valence-corrected chi connectivity index (χ0v) is 9.83. The molecule has 0 aromatic heterocycles. The van der Waals surface area contributed by atoms with Crippen LogP contribution in [0.2, 0.25) is 0 Å². The maximum absolute atomic E-state index is 9.05. The third kappa shape index (κ3) is 3.05. The molecule has 2 unspecified atom stereocenters. The van der Waals surface area contributed by atoms with E-state index in [9.17, 15) is 0 Å². The van der Waals surface area contributed by atoms with Crippen molar-refractivity contribution >= 4 is 0 Å². The highest BCUT2D eigenvalue weighted by Gasteiger charge is 2.17. The SMILES string of the molecule is Cc1ccc(C)c(C(CCO)C(C)N)c1. The summed E-state index contributed by atoms with van der Waals surface area (Å²) in [6.45, 7) is 6.38. The second-order valence-electron chi connectivity index (χ2n) is 4.34. The van der Waals surface area contributed by atoms with Crippen LogP contribution in [0.3, 0.4) is 0 Å². The summed E-state index contributed by atoms with van der Waals surface area (Å²) in [6.07, 6.45) is 0.738. The van der Waals surface area contributed by atoms with Crippen molar-refractivity contribution in [3.8, 4) is 0 Å². The van der Waals surface area contributed by atoms with E-state index in [1.807, 2.05) is 6.92 Å². The van der Waals surface area contributed by atoms with Crippen LogP contribution < -0.4 is 5.73 Å². The molecule has 1 aromatic carbocycles. The molecule has 0 spiro atoms. The summed E-state index contributed by atoms with van der Waals surface area (Å²) in [7, 11) is 0. The minimum Gasteiger partial charge on any atom is -0.396 e. The van der Waals surface area contributed by atoms with Crippen LogP contribution >= 0.6 is 0 Å². The standard InChI is InChI=1S/C13H21NO/c1-9-4-5-10(2)13(8-9)12(6-7-15)11(3)14/h4-5,8,11-12,15H,6-7,14H2,1-3H3. The van der Waals surface area contributed by atoms with Gasteiger partial charge in [0, 0.05) is 18.6 Å². The van der Waals surface area contributed by atoms with Crippen molar-refractivity contribution in [2.24, 2.45) is 5.73 Å². The lowest BCUT2D eigenvalue weighted by molar-refractivity contribution is 0.269. The Balaban J connectivity index is 3.04. The summed E-state index contributed by atoms with van der Waals surface area (Å²) in [5.74, 6) is 0.259. The molecule has 1 rings (SSSR count). The molecule has 0 bridgehead atoms. The zero-order chi connectivity index (χ0) is 11.4. The molecule has 0 amide bonds. The van der Waals surface area contributed by atoms with E-state index in [1.165, 1.54) is 16.7 Å². The number of nitrogens with two attached hydrogens (primary N) is 1. The predicted octanol–water partition coefficient (Wildman–Crippen LogP) is 2.12. The zero-order valence-electron chi connectivity index (χ0n) is 9.83. The maximum Gasteiger partial charge on any atom is 0.0437 e. The van der Waals surface area contributed by atoms with Gasteiger partial charge in [0.05, 0.1) is 0 Å².